The third-order valence-electron chi connectivity index (χ3n) is 4.75. The van der Waals surface area contributed by atoms with E-state index in [9.17, 15) is 0 Å². The third-order valence-corrected chi connectivity index (χ3v) is 4.75. The van der Waals surface area contributed by atoms with Crippen LogP contribution in [0.4, 0.5) is 5.82 Å². The molecule has 0 spiro atoms. The molecular weight excluding hydrogens is 326 g/mol. The molecular formula is C20H25N5O. The summed E-state index contributed by atoms with van der Waals surface area (Å²) in [6.45, 7) is 8.19. The van der Waals surface area contributed by atoms with Gasteiger partial charge in [-0.3, -0.25) is 5.10 Å². The van der Waals surface area contributed by atoms with Crippen molar-refractivity contribution in [1.29, 1.82) is 0 Å². The van der Waals surface area contributed by atoms with Gasteiger partial charge in [0.25, 0.3) is 0 Å². The van der Waals surface area contributed by atoms with Gasteiger partial charge in [-0.15, -0.1) is 0 Å². The van der Waals surface area contributed by atoms with Crippen LogP contribution in [0, 0.1) is 0 Å². The highest BCUT2D eigenvalue weighted by atomic mass is 16.5. The van der Waals surface area contributed by atoms with Gasteiger partial charge >= 0.3 is 0 Å². The fraction of sp³-hybridized carbons (Fsp3) is 0.400. The molecule has 136 valence electrons. The number of fused-ring (bicyclic) bond motifs is 1. The van der Waals surface area contributed by atoms with Gasteiger partial charge in [-0.05, 0) is 51.2 Å². The number of rotatable bonds is 4. The molecule has 1 fully saturated rings. The van der Waals surface area contributed by atoms with Crippen molar-refractivity contribution in [2.24, 2.45) is 0 Å². The number of nitrogens with zero attached hydrogens (tertiary/aromatic N) is 4. The van der Waals surface area contributed by atoms with Gasteiger partial charge in [0.15, 0.2) is 0 Å². The first-order valence-corrected chi connectivity index (χ1v) is 9.15. The predicted molar refractivity (Wildman–Crippen MR) is 105 cm³/mol. The van der Waals surface area contributed by atoms with Gasteiger partial charge < -0.3 is 14.5 Å². The fourth-order valence-corrected chi connectivity index (χ4v) is 3.33. The lowest BCUT2D eigenvalue weighted by molar-refractivity contribution is 0.243. The summed E-state index contributed by atoms with van der Waals surface area (Å²) in [7, 11) is 2.16. The molecule has 4 rings (SSSR count). The third kappa shape index (κ3) is 3.37. The zero-order valence-corrected chi connectivity index (χ0v) is 15.6. The predicted octanol–water partition coefficient (Wildman–Crippen LogP) is 3.16. The van der Waals surface area contributed by atoms with E-state index in [-0.39, 0.29) is 6.10 Å². The van der Waals surface area contributed by atoms with Gasteiger partial charge in [0.05, 0.1) is 11.6 Å². The normalized spacial score (nSPS) is 15.8. The smallest absolute Gasteiger partial charge is 0.129 e. The van der Waals surface area contributed by atoms with Crippen molar-refractivity contribution in [2.75, 3.05) is 38.1 Å². The van der Waals surface area contributed by atoms with Crippen LogP contribution in [-0.2, 0) is 0 Å². The van der Waals surface area contributed by atoms with E-state index in [1.54, 1.807) is 0 Å². The summed E-state index contributed by atoms with van der Waals surface area (Å²) in [5.41, 5.74) is 3.02. The zero-order chi connectivity index (χ0) is 18.1. The molecule has 0 bridgehead atoms. The van der Waals surface area contributed by atoms with E-state index in [1.807, 2.05) is 38.2 Å². The molecule has 1 aliphatic rings. The first-order chi connectivity index (χ1) is 12.6. The van der Waals surface area contributed by atoms with Crippen LogP contribution < -0.4 is 9.64 Å². The topological polar surface area (TPSA) is 57.3 Å². The number of hydrogen-bond donors (Lipinski definition) is 1. The number of ether oxygens (including phenoxy) is 1. The number of H-pyrrole nitrogens is 1. The molecule has 2 aromatic heterocycles. The Labute approximate surface area is 153 Å². The molecule has 0 unspecified atom stereocenters. The van der Waals surface area contributed by atoms with Crippen molar-refractivity contribution in [1.82, 2.24) is 20.1 Å². The lowest BCUT2D eigenvalue weighted by atomic mass is 10.1. The first-order valence-electron chi connectivity index (χ1n) is 9.15. The van der Waals surface area contributed by atoms with Crippen LogP contribution in [0.2, 0.25) is 0 Å². The fourth-order valence-electron chi connectivity index (χ4n) is 3.33. The van der Waals surface area contributed by atoms with Crippen LogP contribution in [-0.4, -0.2) is 59.4 Å². The van der Waals surface area contributed by atoms with E-state index in [4.69, 9.17) is 4.74 Å². The maximum Gasteiger partial charge on any atom is 0.129 e. The molecule has 6 heteroatoms. The molecule has 26 heavy (non-hydrogen) atoms. The van der Waals surface area contributed by atoms with Gasteiger partial charge in [-0.1, -0.05) is 0 Å². The van der Waals surface area contributed by atoms with Crippen LogP contribution in [0.15, 0.2) is 36.5 Å². The van der Waals surface area contributed by atoms with Crippen molar-refractivity contribution in [3.63, 3.8) is 0 Å². The second-order valence-corrected chi connectivity index (χ2v) is 7.14. The number of benzene rings is 1. The Morgan fingerprint density at radius 3 is 2.65 bits per heavy atom. The van der Waals surface area contributed by atoms with Crippen LogP contribution in [0.25, 0.3) is 22.2 Å². The number of likely N-dealkylation sites (N-methyl/N-ethyl adjacent to an activating group) is 1. The van der Waals surface area contributed by atoms with E-state index in [0.29, 0.717) is 0 Å². The first kappa shape index (κ1) is 16.8. The molecule has 1 saturated heterocycles. The second-order valence-electron chi connectivity index (χ2n) is 7.14. The number of aromatic amines is 1. The average Bonchev–Trinajstić information content (AvgIpc) is 3.05. The largest absolute Gasteiger partial charge is 0.491 e. The van der Waals surface area contributed by atoms with Gasteiger partial charge in [-0.2, -0.15) is 5.10 Å². The number of anilines is 1. The Morgan fingerprint density at radius 2 is 1.88 bits per heavy atom. The van der Waals surface area contributed by atoms with Gasteiger partial charge in [0.2, 0.25) is 0 Å². The van der Waals surface area contributed by atoms with E-state index in [2.05, 4.69) is 44.2 Å². The number of nitrogens with one attached hydrogen (secondary N) is 1. The van der Waals surface area contributed by atoms with Crippen LogP contribution in [0.5, 0.6) is 5.75 Å². The highest BCUT2D eigenvalue weighted by Crippen LogP contribution is 2.31. The van der Waals surface area contributed by atoms with Gasteiger partial charge in [0.1, 0.15) is 17.3 Å². The van der Waals surface area contributed by atoms with Gasteiger partial charge in [-0.25, -0.2) is 4.98 Å². The highest BCUT2D eigenvalue weighted by molar-refractivity contribution is 5.94. The number of piperazine rings is 1. The van der Waals surface area contributed by atoms with Crippen LogP contribution in [0.1, 0.15) is 13.8 Å². The SMILES string of the molecule is CC(C)Oc1ccc2[nH]nc(-c3ccnc(N4CCN(C)CC4)c3)c2c1. The summed E-state index contributed by atoms with van der Waals surface area (Å²) < 4.78 is 5.84. The summed E-state index contributed by atoms with van der Waals surface area (Å²) in [5.74, 6) is 1.88. The lowest BCUT2D eigenvalue weighted by Gasteiger charge is -2.33. The van der Waals surface area contributed by atoms with E-state index in [1.165, 1.54) is 0 Å². The minimum Gasteiger partial charge on any atom is -0.491 e. The maximum atomic E-state index is 5.84. The van der Waals surface area contributed by atoms with E-state index >= 15 is 0 Å². The maximum absolute atomic E-state index is 5.84. The number of aromatic nitrogens is 3. The summed E-state index contributed by atoms with van der Waals surface area (Å²) in [6, 6.07) is 10.2. The van der Waals surface area contributed by atoms with Crippen molar-refractivity contribution in [3.05, 3.63) is 36.5 Å². The molecule has 1 aliphatic heterocycles. The van der Waals surface area contributed by atoms with Crippen LogP contribution in [0.3, 0.4) is 0 Å². The van der Waals surface area contributed by atoms with Crippen molar-refractivity contribution in [3.8, 4) is 17.0 Å². The summed E-state index contributed by atoms with van der Waals surface area (Å²) in [6.07, 6.45) is 2.02. The highest BCUT2D eigenvalue weighted by Gasteiger charge is 2.17. The Balaban J connectivity index is 1.68. The molecule has 0 amide bonds. The summed E-state index contributed by atoms with van der Waals surface area (Å²) in [4.78, 5) is 9.26. The second kappa shape index (κ2) is 6.96. The summed E-state index contributed by atoms with van der Waals surface area (Å²) in [5, 5.41) is 8.74. The molecule has 0 saturated carbocycles. The molecule has 0 aliphatic carbocycles. The van der Waals surface area contributed by atoms with E-state index < -0.39 is 0 Å². The molecule has 1 aromatic carbocycles. The standard InChI is InChI=1S/C20H25N5O/c1-14(2)26-16-4-5-18-17(13-16)20(23-22-18)15-6-7-21-19(12-15)25-10-8-24(3)9-11-25/h4-7,12-14H,8-11H2,1-3H3,(H,22,23). The molecule has 0 atom stereocenters. The minimum atomic E-state index is 0.146. The van der Waals surface area contributed by atoms with Crippen LogP contribution >= 0.6 is 0 Å². The number of hydrogen-bond acceptors (Lipinski definition) is 5. The Morgan fingerprint density at radius 1 is 1.08 bits per heavy atom. The molecule has 3 heterocycles. The average molecular weight is 351 g/mol. The van der Waals surface area contributed by atoms with E-state index in [0.717, 1.165) is 59.9 Å². The zero-order valence-electron chi connectivity index (χ0n) is 15.6. The Bertz CT molecular complexity index is 896. The van der Waals surface area contributed by atoms with Crippen molar-refractivity contribution in [2.45, 2.75) is 20.0 Å². The van der Waals surface area contributed by atoms with Crippen molar-refractivity contribution >= 4 is 16.7 Å². The minimum absolute atomic E-state index is 0.146. The lowest BCUT2D eigenvalue weighted by Crippen LogP contribution is -2.44. The molecule has 6 nitrogen and oxygen atoms in total. The monoisotopic (exact) mass is 351 g/mol. The molecule has 3 aromatic rings. The Kier molecular flexibility index (Phi) is 4.51. The van der Waals surface area contributed by atoms with Crippen molar-refractivity contribution < 1.29 is 4.74 Å². The summed E-state index contributed by atoms with van der Waals surface area (Å²) >= 11 is 0. The number of pyridine rings is 1. The molecule has 1 N–H and O–H groups in total. The quantitative estimate of drug-likeness (QED) is 0.782. The van der Waals surface area contributed by atoms with Gasteiger partial charge in [0, 0.05) is 43.3 Å². The molecule has 0 radical (unpaired) electrons. The Hall–Kier alpha value is -2.60.